The quantitative estimate of drug-likeness (QED) is 0.386. The average molecular weight is 445 g/mol. The number of aromatic nitrogens is 1. The zero-order valence-electron chi connectivity index (χ0n) is 19.1. The molecule has 1 aromatic heterocycles. The van der Waals surface area contributed by atoms with E-state index in [1.807, 2.05) is 50.2 Å². The molecule has 0 spiro atoms. The van der Waals surface area contributed by atoms with Gasteiger partial charge < -0.3 is 9.30 Å². The molecule has 1 amide bonds. The molecule has 0 fully saturated rings. The molecular formula is C27H25FN2O3. The van der Waals surface area contributed by atoms with Crippen molar-refractivity contribution in [2.24, 2.45) is 0 Å². The van der Waals surface area contributed by atoms with Crippen molar-refractivity contribution in [3.8, 4) is 5.69 Å². The smallest absolute Gasteiger partial charge is 0.340 e. The molecule has 0 radical (unpaired) electrons. The molecule has 0 unspecified atom stereocenters. The number of carbonyl (C=O) groups excluding carboxylic acids is 2. The molecule has 168 valence electrons. The van der Waals surface area contributed by atoms with E-state index in [9.17, 15) is 14.0 Å². The molecule has 5 nitrogen and oxygen atoms in total. The number of benzene rings is 2. The van der Waals surface area contributed by atoms with Crippen LogP contribution in [0.5, 0.6) is 0 Å². The Labute approximate surface area is 192 Å². The Hall–Kier alpha value is -3.93. The summed E-state index contributed by atoms with van der Waals surface area (Å²) in [7, 11) is 0. The fourth-order valence-electron chi connectivity index (χ4n) is 4.26. The second kappa shape index (κ2) is 8.90. The third kappa shape index (κ3) is 3.89. The standard InChI is InChI=1S/C27H25FN2O3/c1-5-33-27(32)25-19(4)30(21-11-7-6-8-12-21)26(31)22(25)16-20-15-17(2)29(18(20)3)24-14-10-9-13-23(24)28/h6-16H,5H2,1-4H3/b22-16-. The molecule has 4 rings (SSSR count). The summed E-state index contributed by atoms with van der Waals surface area (Å²) in [5.74, 6) is -1.19. The highest BCUT2D eigenvalue weighted by atomic mass is 19.1. The van der Waals surface area contributed by atoms with E-state index in [0.717, 1.165) is 17.0 Å². The number of halogens is 1. The summed E-state index contributed by atoms with van der Waals surface area (Å²) in [4.78, 5) is 27.9. The van der Waals surface area contributed by atoms with Gasteiger partial charge in [0.25, 0.3) is 5.91 Å². The predicted octanol–water partition coefficient (Wildman–Crippen LogP) is 5.50. The van der Waals surface area contributed by atoms with E-state index in [-0.39, 0.29) is 29.5 Å². The number of esters is 1. The van der Waals surface area contributed by atoms with Gasteiger partial charge in [0.2, 0.25) is 0 Å². The lowest BCUT2D eigenvalue weighted by Crippen LogP contribution is -2.24. The number of anilines is 1. The molecule has 1 aliphatic rings. The largest absolute Gasteiger partial charge is 0.462 e. The molecule has 2 heterocycles. The molecule has 0 aliphatic carbocycles. The molecular weight excluding hydrogens is 419 g/mol. The molecule has 0 saturated carbocycles. The SMILES string of the molecule is CCOC(=O)C1=C(C)N(c2ccccc2)C(=O)/C1=C\c1cc(C)n(-c2ccccc2F)c1C. The van der Waals surface area contributed by atoms with Crippen LogP contribution < -0.4 is 4.90 Å². The van der Waals surface area contributed by atoms with Crippen LogP contribution >= 0.6 is 0 Å². The third-order valence-corrected chi connectivity index (χ3v) is 5.76. The van der Waals surface area contributed by atoms with Gasteiger partial charge in [0.05, 0.1) is 23.4 Å². The zero-order valence-corrected chi connectivity index (χ0v) is 19.1. The molecule has 0 N–H and O–H groups in total. The molecule has 2 aromatic carbocycles. The molecule has 0 bridgehead atoms. The molecule has 3 aromatic rings. The number of hydrogen-bond donors (Lipinski definition) is 0. The molecule has 6 heteroatoms. The predicted molar refractivity (Wildman–Crippen MR) is 126 cm³/mol. The number of amides is 1. The summed E-state index contributed by atoms with van der Waals surface area (Å²) in [5.41, 5.74) is 4.40. The fraction of sp³-hybridized carbons (Fsp3) is 0.185. The highest BCUT2D eigenvalue weighted by molar-refractivity contribution is 6.23. The molecule has 1 aliphatic heterocycles. The van der Waals surface area contributed by atoms with E-state index in [4.69, 9.17) is 4.74 Å². The van der Waals surface area contributed by atoms with Gasteiger partial charge in [-0.25, -0.2) is 9.18 Å². The van der Waals surface area contributed by atoms with Gasteiger partial charge >= 0.3 is 5.97 Å². The number of aryl methyl sites for hydroxylation is 1. The highest BCUT2D eigenvalue weighted by Crippen LogP contribution is 2.36. The van der Waals surface area contributed by atoms with E-state index in [0.29, 0.717) is 17.1 Å². The number of carbonyl (C=O) groups is 2. The van der Waals surface area contributed by atoms with E-state index >= 15 is 0 Å². The number of nitrogens with zero attached hydrogens (tertiary/aromatic N) is 2. The third-order valence-electron chi connectivity index (χ3n) is 5.76. The minimum atomic E-state index is -0.545. The van der Waals surface area contributed by atoms with E-state index in [2.05, 4.69) is 0 Å². The minimum absolute atomic E-state index is 0.199. The maximum absolute atomic E-state index is 14.5. The van der Waals surface area contributed by atoms with E-state index in [1.165, 1.54) is 11.0 Å². The number of ether oxygens (including phenoxy) is 1. The summed E-state index contributed by atoms with van der Waals surface area (Å²) < 4.78 is 21.6. The fourth-order valence-corrected chi connectivity index (χ4v) is 4.26. The van der Waals surface area contributed by atoms with Crippen LogP contribution in [-0.4, -0.2) is 23.1 Å². The lowest BCUT2D eigenvalue weighted by atomic mass is 10.0. The maximum atomic E-state index is 14.5. The molecule has 0 atom stereocenters. The topological polar surface area (TPSA) is 51.5 Å². The minimum Gasteiger partial charge on any atom is -0.462 e. The van der Waals surface area contributed by atoms with Crippen molar-refractivity contribution in [1.82, 2.24) is 4.57 Å². The Morgan fingerprint density at radius 3 is 2.36 bits per heavy atom. The van der Waals surface area contributed by atoms with Crippen LogP contribution in [-0.2, 0) is 14.3 Å². The molecule has 33 heavy (non-hydrogen) atoms. The summed E-state index contributed by atoms with van der Waals surface area (Å²) in [6.45, 7) is 7.40. The van der Waals surface area contributed by atoms with Crippen LogP contribution in [0.25, 0.3) is 11.8 Å². The monoisotopic (exact) mass is 444 g/mol. The van der Waals surface area contributed by atoms with Gasteiger partial charge in [-0.2, -0.15) is 0 Å². The zero-order chi connectivity index (χ0) is 23.7. The van der Waals surface area contributed by atoms with Crippen molar-refractivity contribution in [3.63, 3.8) is 0 Å². The second-order valence-electron chi connectivity index (χ2n) is 7.83. The lowest BCUT2D eigenvalue weighted by molar-refractivity contribution is -0.138. The number of hydrogen-bond acceptors (Lipinski definition) is 3. The Balaban J connectivity index is 1.86. The Morgan fingerprint density at radius 1 is 1.03 bits per heavy atom. The van der Waals surface area contributed by atoms with Gasteiger partial charge in [-0.15, -0.1) is 0 Å². The average Bonchev–Trinajstić information content (AvgIpc) is 3.21. The number of para-hydroxylation sites is 2. The first-order valence-corrected chi connectivity index (χ1v) is 10.8. The highest BCUT2D eigenvalue weighted by Gasteiger charge is 2.38. The van der Waals surface area contributed by atoms with Gasteiger partial charge in [-0.1, -0.05) is 30.3 Å². The van der Waals surface area contributed by atoms with Gasteiger partial charge in [0, 0.05) is 22.8 Å². The van der Waals surface area contributed by atoms with Crippen LogP contribution in [0.1, 0.15) is 30.8 Å². The maximum Gasteiger partial charge on any atom is 0.340 e. The van der Waals surface area contributed by atoms with Gasteiger partial charge in [-0.3, -0.25) is 9.69 Å². The first-order chi connectivity index (χ1) is 15.8. The van der Waals surface area contributed by atoms with Gasteiger partial charge in [0.1, 0.15) is 5.82 Å². The van der Waals surface area contributed by atoms with Gasteiger partial charge in [0.15, 0.2) is 0 Å². The van der Waals surface area contributed by atoms with E-state index < -0.39 is 5.97 Å². The van der Waals surface area contributed by atoms with Crippen molar-refractivity contribution in [2.75, 3.05) is 11.5 Å². The van der Waals surface area contributed by atoms with E-state index in [1.54, 1.807) is 42.7 Å². The molecule has 0 saturated heterocycles. The van der Waals surface area contributed by atoms with Crippen molar-refractivity contribution in [1.29, 1.82) is 0 Å². The normalized spacial score (nSPS) is 15.0. The van der Waals surface area contributed by atoms with Crippen molar-refractivity contribution < 1.29 is 18.7 Å². The van der Waals surface area contributed by atoms with Crippen molar-refractivity contribution in [2.45, 2.75) is 27.7 Å². The lowest BCUT2D eigenvalue weighted by Gasteiger charge is -2.17. The Bertz CT molecular complexity index is 1300. The number of allylic oxidation sites excluding steroid dienone is 1. The van der Waals surface area contributed by atoms with Crippen LogP contribution in [0.3, 0.4) is 0 Å². The van der Waals surface area contributed by atoms with Crippen LogP contribution in [0.4, 0.5) is 10.1 Å². The summed E-state index contributed by atoms with van der Waals surface area (Å²) in [6, 6.07) is 17.6. The van der Waals surface area contributed by atoms with Gasteiger partial charge in [-0.05, 0) is 69.7 Å². The first kappa shape index (κ1) is 22.3. The Morgan fingerprint density at radius 2 is 1.70 bits per heavy atom. The van der Waals surface area contributed by atoms with Crippen LogP contribution in [0.2, 0.25) is 0 Å². The summed E-state index contributed by atoms with van der Waals surface area (Å²) >= 11 is 0. The van der Waals surface area contributed by atoms with Crippen molar-refractivity contribution >= 4 is 23.6 Å². The number of rotatable bonds is 5. The van der Waals surface area contributed by atoms with Crippen molar-refractivity contribution in [3.05, 3.63) is 100 Å². The summed E-state index contributed by atoms with van der Waals surface area (Å²) in [5, 5.41) is 0. The van der Waals surface area contributed by atoms with Crippen LogP contribution in [0, 0.1) is 19.7 Å². The Kier molecular flexibility index (Phi) is 6.01. The first-order valence-electron chi connectivity index (χ1n) is 10.8. The summed E-state index contributed by atoms with van der Waals surface area (Å²) in [6.07, 6.45) is 1.70. The second-order valence-corrected chi connectivity index (χ2v) is 7.83. The van der Waals surface area contributed by atoms with Crippen LogP contribution in [0.15, 0.2) is 77.5 Å².